The molecule has 2 heterocycles. The quantitative estimate of drug-likeness (QED) is 0.799. The van der Waals surface area contributed by atoms with Crippen molar-refractivity contribution in [2.24, 2.45) is 5.92 Å². The summed E-state index contributed by atoms with van der Waals surface area (Å²) >= 11 is 0. The first-order valence-corrected chi connectivity index (χ1v) is 6.30. The van der Waals surface area contributed by atoms with Crippen LogP contribution in [-0.2, 0) is 16.1 Å². The highest BCUT2D eigenvalue weighted by molar-refractivity contribution is 5.91. The summed E-state index contributed by atoms with van der Waals surface area (Å²) in [5, 5.41) is 10.4. The van der Waals surface area contributed by atoms with Crippen LogP contribution in [0.1, 0.15) is 12.8 Å². The maximum atomic E-state index is 11.3. The molecule has 0 aromatic carbocycles. The largest absolute Gasteiger partial charge is 0.375 e. The van der Waals surface area contributed by atoms with Crippen molar-refractivity contribution < 1.29 is 9.53 Å². The monoisotopic (exact) mass is 252 g/mol. The minimum atomic E-state index is -0.154. The number of aromatic nitrogens is 2. The summed E-state index contributed by atoms with van der Waals surface area (Å²) in [6.45, 7) is 3.16. The molecule has 0 unspecified atom stereocenters. The molecule has 6 heteroatoms. The first-order valence-electron chi connectivity index (χ1n) is 6.30. The van der Waals surface area contributed by atoms with Crippen molar-refractivity contribution in [3.8, 4) is 0 Å². The van der Waals surface area contributed by atoms with Gasteiger partial charge in [-0.1, -0.05) is 0 Å². The van der Waals surface area contributed by atoms with Crippen LogP contribution < -0.4 is 10.6 Å². The van der Waals surface area contributed by atoms with E-state index < -0.39 is 0 Å². The second-order valence-electron chi connectivity index (χ2n) is 4.63. The molecular weight excluding hydrogens is 232 g/mol. The van der Waals surface area contributed by atoms with Gasteiger partial charge in [0.15, 0.2) is 0 Å². The predicted molar refractivity (Wildman–Crippen MR) is 68.3 cm³/mol. The summed E-state index contributed by atoms with van der Waals surface area (Å²) in [5.41, 5.74) is 0.728. The van der Waals surface area contributed by atoms with Crippen molar-refractivity contribution in [1.29, 1.82) is 0 Å². The van der Waals surface area contributed by atoms with Gasteiger partial charge in [-0.15, -0.1) is 0 Å². The molecule has 0 bridgehead atoms. The lowest BCUT2D eigenvalue weighted by molar-refractivity contribution is -0.119. The Morgan fingerprint density at radius 3 is 3.11 bits per heavy atom. The highest BCUT2D eigenvalue weighted by Gasteiger charge is 2.14. The Morgan fingerprint density at radius 1 is 1.61 bits per heavy atom. The number of rotatable bonds is 5. The number of ether oxygens (including phenoxy) is 1. The lowest BCUT2D eigenvalue weighted by Gasteiger charge is -2.22. The number of anilines is 1. The van der Waals surface area contributed by atoms with Gasteiger partial charge in [-0.2, -0.15) is 5.10 Å². The average molecular weight is 252 g/mol. The molecule has 1 saturated heterocycles. The van der Waals surface area contributed by atoms with Crippen LogP contribution in [0.15, 0.2) is 12.4 Å². The van der Waals surface area contributed by atoms with E-state index >= 15 is 0 Å². The summed E-state index contributed by atoms with van der Waals surface area (Å²) < 4.78 is 6.66. The summed E-state index contributed by atoms with van der Waals surface area (Å²) in [7, 11) is 1.50. The summed E-state index contributed by atoms with van der Waals surface area (Å²) in [4.78, 5) is 11.3. The van der Waals surface area contributed by atoms with Crippen molar-refractivity contribution in [2.75, 3.05) is 32.1 Å². The van der Waals surface area contributed by atoms with Crippen molar-refractivity contribution in [3.63, 3.8) is 0 Å². The number of piperidine rings is 1. The Kier molecular flexibility index (Phi) is 4.72. The van der Waals surface area contributed by atoms with Crippen LogP contribution in [0.25, 0.3) is 0 Å². The van der Waals surface area contributed by atoms with Gasteiger partial charge < -0.3 is 15.4 Å². The molecule has 100 valence electrons. The molecule has 1 aliphatic rings. The maximum Gasteiger partial charge on any atom is 0.250 e. The second kappa shape index (κ2) is 6.51. The molecule has 1 fully saturated rings. The zero-order valence-corrected chi connectivity index (χ0v) is 10.7. The number of methoxy groups -OCH3 is 1. The molecule has 0 radical (unpaired) electrons. The van der Waals surface area contributed by atoms with E-state index in [-0.39, 0.29) is 12.5 Å². The molecule has 18 heavy (non-hydrogen) atoms. The third-order valence-electron chi connectivity index (χ3n) is 3.10. The lowest BCUT2D eigenvalue weighted by Crippen LogP contribution is -2.29. The Hall–Kier alpha value is -1.40. The van der Waals surface area contributed by atoms with Crippen LogP contribution in [0.3, 0.4) is 0 Å². The van der Waals surface area contributed by atoms with Crippen LogP contribution >= 0.6 is 0 Å². The summed E-state index contributed by atoms with van der Waals surface area (Å²) in [6.07, 6.45) is 5.92. The molecule has 2 rings (SSSR count). The van der Waals surface area contributed by atoms with Gasteiger partial charge in [0.1, 0.15) is 6.61 Å². The fraction of sp³-hybridized carbons (Fsp3) is 0.667. The highest BCUT2D eigenvalue weighted by atomic mass is 16.5. The van der Waals surface area contributed by atoms with E-state index in [2.05, 4.69) is 15.7 Å². The molecule has 0 spiro atoms. The topological polar surface area (TPSA) is 68.2 Å². The third kappa shape index (κ3) is 3.82. The van der Waals surface area contributed by atoms with Gasteiger partial charge >= 0.3 is 0 Å². The van der Waals surface area contributed by atoms with Gasteiger partial charge in [0.25, 0.3) is 0 Å². The zero-order chi connectivity index (χ0) is 12.8. The van der Waals surface area contributed by atoms with E-state index in [1.807, 2.05) is 10.9 Å². The van der Waals surface area contributed by atoms with E-state index in [4.69, 9.17) is 4.74 Å². The number of nitrogens with one attached hydrogen (secondary N) is 2. The zero-order valence-electron chi connectivity index (χ0n) is 10.7. The van der Waals surface area contributed by atoms with Gasteiger partial charge in [0.05, 0.1) is 11.9 Å². The van der Waals surface area contributed by atoms with Gasteiger partial charge in [0.2, 0.25) is 5.91 Å². The molecule has 0 atom stereocenters. The molecule has 1 aromatic rings. The number of hydrogen-bond acceptors (Lipinski definition) is 4. The van der Waals surface area contributed by atoms with E-state index in [0.717, 1.165) is 25.3 Å². The van der Waals surface area contributed by atoms with Crippen molar-refractivity contribution in [2.45, 2.75) is 19.4 Å². The summed E-state index contributed by atoms with van der Waals surface area (Å²) in [5.74, 6) is 0.521. The molecule has 0 aliphatic carbocycles. The van der Waals surface area contributed by atoms with E-state index in [1.54, 1.807) is 6.20 Å². The van der Waals surface area contributed by atoms with E-state index in [1.165, 1.54) is 20.0 Å². The fourth-order valence-corrected chi connectivity index (χ4v) is 2.18. The average Bonchev–Trinajstić information content (AvgIpc) is 2.78. The second-order valence-corrected chi connectivity index (χ2v) is 4.63. The predicted octanol–water partition coefficient (Wildman–Crippen LogP) is 0.468. The highest BCUT2D eigenvalue weighted by Crippen LogP contribution is 2.15. The van der Waals surface area contributed by atoms with Crippen LogP contribution in [0.4, 0.5) is 5.69 Å². The fourth-order valence-electron chi connectivity index (χ4n) is 2.18. The Bertz CT molecular complexity index is 385. The van der Waals surface area contributed by atoms with Crippen LogP contribution in [0.5, 0.6) is 0 Å². The van der Waals surface area contributed by atoms with Crippen molar-refractivity contribution in [1.82, 2.24) is 15.1 Å². The van der Waals surface area contributed by atoms with Gasteiger partial charge in [-0.25, -0.2) is 0 Å². The van der Waals surface area contributed by atoms with Crippen LogP contribution in [0, 0.1) is 5.92 Å². The minimum Gasteiger partial charge on any atom is -0.375 e. The van der Waals surface area contributed by atoms with E-state index in [0.29, 0.717) is 5.92 Å². The number of hydrogen-bond donors (Lipinski definition) is 2. The van der Waals surface area contributed by atoms with Gasteiger partial charge in [-0.05, 0) is 31.8 Å². The number of carbonyl (C=O) groups is 1. The number of carbonyl (C=O) groups excluding carboxylic acids is 1. The van der Waals surface area contributed by atoms with E-state index in [9.17, 15) is 4.79 Å². The lowest BCUT2D eigenvalue weighted by atomic mass is 9.98. The molecular formula is C12H20N4O2. The molecule has 2 N–H and O–H groups in total. The van der Waals surface area contributed by atoms with Crippen LogP contribution in [-0.4, -0.2) is 42.5 Å². The minimum absolute atomic E-state index is 0.0689. The molecule has 1 amide bonds. The Morgan fingerprint density at radius 2 is 2.39 bits per heavy atom. The molecule has 1 aromatic heterocycles. The summed E-state index contributed by atoms with van der Waals surface area (Å²) in [6, 6.07) is 0. The number of nitrogens with zero attached hydrogens (tertiary/aromatic N) is 2. The van der Waals surface area contributed by atoms with Crippen molar-refractivity contribution >= 4 is 11.6 Å². The van der Waals surface area contributed by atoms with Gasteiger partial charge in [-0.3, -0.25) is 9.48 Å². The smallest absolute Gasteiger partial charge is 0.250 e. The first-order chi connectivity index (χ1) is 8.78. The normalized spacial score (nSPS) is 16.7. The molecule has 0 saturated carbocycles. The molecule has 6 nitrogen and oxygen atoms in total. The van der Waals surface area contributed by atoms with Crippen LogP contribution in [0.2, 0.25) is 0 Å². The molecule has 1 aliphatic heterocycles. The van der Waals surface area contributed by atoms with Crippen molar-refractivity contribution in [3.05, 3.63) is 12.4 Å². The third-order valence-corrected chi connectivity index (χ3v) is 3.10. The first kappa shape index (κ1) is 13.0. The van der Waals surface area contributed by atoms with Gasteiger partial charge in [0, 0.05) is 19.9 Å². The number of amides is 1. The standard InChI is InChI=1S/C12H20N4O2/c1-18-9-12(17)15-11-6-14-16(8-11)7-10-2-4-13-5-3-10/h6,8,10,13H,2-5,7,9H2,1H3,(H,15,17). The Balaban J connectivity index is 1.83. The Labute approximate surface area is 107 Å². The SMILES string of the molecule is COCC(=O)Nc1cnn(CC2CCNCC2)c1. The maximum absolute atomic E-state index is 11.3.